The minimum absolute atomic E-state index is 0.268. The molecule has 7 nitrogen and oxygen atoms in total. The lowest BCUT2D eigenvalue weighted by atomic mass is 10.4. The summed E-state index contributed by atoms with van der Waals surface area (Å²) in [5, 5.41) is 5.72. The molecule has 0 radical (unpaired) electrons. The van der Waals surface area contributed by atoms with E-state index in [0.29, 0.717) is 25.5 Å². The number of nitrogens with zero attached hydrogens (tertiary/aromatic N) is 2. The second-order valence-electron chi connectivity index (χ2n) is 3.97. The fourth-order valence-electron chi connectivity index (χ4n) is 1.48. The Bertz CT molecular complexity index is 525. The van der Waals surface area contributed by atoms with Crippen LogP contribution in [0.5, 0.6) is 0 Å². The number of hydrogen-bond donors (Lipinski definition) is 2. The molecule has 0 saturated heterocycles. The Morgan fingerprint density at radius 3 is 2.95 bits per heavy atom. The molecule has 0 fully saturated rings. The number of aromatic nitrogens is 2. The quantitative estimate of drug-likeness (QED) is 0.735. The van der Waals surface area contributed by atoms with Crippen LogP contribution in [-0.4, -0.2) is 36.1 Å². The smallest absolute Gasteiger partial charge is 0.271 e. The molecule has 2 aromatic heterocycles. The molecule has 0 atom stereocenters. The summed E-state index contributed by atoms with van der Waals surface area (Å²) >= 11 is 0. The van der Waals surface area contributed by atoms with Crippen molar-refractivity contribution in [2.75, 3.05) is 25.6 Å². The predicted molar refractivity (Wildman–Crippen MR) is 72.3 cm³/mol. The maximum atomic E-state index is 11.7. The first-order chi connectivity index (χ1) is 9.79. The second kappa shape index (κ2) is 7.25. The van der Waals surface area contributed by atoms with Gasteiger partial charge in [0.15, 0.2) is 0 Å². The van der Waals surface area contributed by atoms with Gasteiger partial charge in [-0.2, -0.15) is 0 Å². The summed E-state index contributed by atoms with van der Waals surface area (Å²) in [6, 6.07) is 3.67. The molecule has 0 unspecified atom stereocenters. The van der Waals surface area contributed by atoms with Crippen LogP contribution >= 0.6 is 0 Å². The summed E-state index contributed by atoms with van der Waals surface area (Å²) in [5.74, 6) is 1.11. The summed E-state index contributed by atoms with van der Waals surface area (Å²) in [5.41, 5.74) is 0.268. The summed E-state index contributed by atoms with van der Waals surface area (Å²) in [4.78, 5) is 19.8. The molecule has 106 valence electrons. The van der Waals surface area contributed by atoms with E-state index in [1.165, 1.54) is 12.4 Å². The number of methoxy groups -OCH3 is 1. The van der Waals surface area contributed by atoms with E-state index in [1.54, 1.807) is 13.4 Å². The minimum atomic E-state index is -0.271. The highest BCUT2D eigenvalue weighted by Crippen LogP contribution is 2.05. The molecule has 2 N–H and O–H groups in total. The van der Waals surface area contributed by atoms with E-state index < -0.39 is 0 Å². The molecule has 0 aliphatic carbocycles. The fourth-order valence-corrected chi connectivity index (χ4v) is 1.48. The monoisotopic (exact) mass is 276 g/mol. The van der Waals surface area contributed by atoms with Crippen molar-refractivity contribution >= 4 is 11.7 Å². The molecule has 2 aromatic rings. The average molecular weight is 276 g/mol. The molecule has 0 saturated carbocycles. The molecule has 0 aromatic carbocycles. The van der Waals surface area contributed by atoms with Gasteiger partial charge in [0.2, 0.25) is 0 Å². The van der Waals surface area contributed by atoms with Crippen LogP contribution in [0.15, 0.2) is 35.2 Å². The molecule has 20 heavy (non-hydrogen) atoms. The molecule has 0 aliphatic heterocycles. The van der Waals surface area contributed by atoms with Crippen LogP contribution in [0.25, 0.3) is 0 Å². The fraction of sp³-hybridized carbons (Fsp3) is 0.308. The van der Waals surface area contributed by atoms with Crippen molar-refractivity contribution in [1.29, 1.82) is 0 Å². The Morgan fingerprint density at radius 2 is 2.30 bits per heavy atom. The zero-order valence-electron chi connectivity index (χ0n) is 11.1. The van der Waals surface area contributed by atoms with E-state index in [4.69, 9.17) is 9.15 Å². The lowest BCUT2D eigenvalue weighted by Gasteiger charge is -2.05. The molecule has 1 amide bonds. The predicted octanol–water partition coefficient (Wildman–Crippen LogP) is 1.06. The lowest BCUT2D eigenvalue weighted by molar-refractivity contribution is 0.0932. The van der Waals surface area contributed by atoms with Crippen LogP contribution in [0.3, 0.4) is 0 Å². The second-order valence-corrected chi connectivity index (χ2v) is 3.97. The van der Waals surface area contributed by atoms with E-state index in [9.17, 15) is 4.79 Å². The van der Waals surface area contributed by atoms with Crippen molar-refractivity contribution < 1.29 is 13.9 Å². The molecule has 0 aliphatic rings. The highest BCUT2D eigenvalue weighted by molar-refractivity contribution is 5.91. The van der Waals surface area contributed by atoms with Crippen LogP contribution in [-0.2, 0) is 11.3 Å². The van der Waals surface area contributed by atoms with Gasteiger partial charge in [0.1, 0.15) is 17.3 Å². The van der Waals surface area contributed by atoms with Crippen molar-refractivity contribution in [1.82, 2.24) is 15.3 Å². The first-order valence-electron chi connectivity index (χ1n) is 6.15. The van der Waals surface area contributed by atoms with Crippen LogP contribution in [0.4, 0.5) is 5.82 Å². The number of amides is 1. The zero-order chi connectivity index (χ0) is 14.2. The molecule has 2 rings (SSSR count). The van der Waals surface area contributed by atoms with Gasteiger partial charge in [-0.05, 0) is 12.1 Å². The van der Waals surface area contributed by atoms with Gasteiger partial charge in [-0.1, -0.05) is 0 Å². The van der Waals surface area contributed by atoms with Gasteiger partial charge in [-0.3, -0.25) is 4.79 Å². The molecule has 0 bridgehead atoms. The third kappa shape index (κ3) is 4.06. The highest BCUT2D eigenvalue weighted by atomic mass is 16.5. The Balaban J connectivity index is 1.84. The molecular weight excluding hydrogens is 260 g/mol. The van der Waals surface area contributed by atoms with Crippen LogP contribution in [0.1, 0.15) is 16.2 Å². The molecule has 7 heteroatoms. The van der Waals surface area contributed by atoms with E-state index in [0.717, 1.165) is 5.76 Å². The Kier molecular flexibility index (Phi) is 5.08. The number of carbonyl (C=O) groups excluding carboxylic acids is 1. The minimum Gasteiger partial charge on any atom is -0.467 e. The third-order valence-corrected chi connectivity index (χ3v) is 2.50. The van der Waals surface area contributed by atoms with Crippen LogP contribution in [0, 0.1) is 0 Å². The van der Waals surface area contributed by atoms with Gasteiger partial charge in [0, 0.05) is 13.7 Å². The Hall–Kier alpha value is -2.41. The van der Waals surface area contributed by atoms with Gasteiger partial charge in [0.05, 0.1) is 31.8 Å². The maximum absolute atomic E-state index is 11.7. The summed E-state index contributed by atoms with van der Waals surface area (Å²) in [7, 11) is 1.57. The van der Waals surface area contributed by atoms with Crippen molar-refractivity contribution in [2.45, 2.75) is 6.54 Å². The third-order valence-electron chi connectivity index (χ3n) is 2.50. The van der Waals surface area contributed by atoms with Crippen molar-refractivity contribution in [2.24, 2.45) is 0 Å². The number of furan rings is 1. The summed E-state index contributed by atoms with van der Waals surface area (Å²) in [6.45, 7) is 1.42. The zero-order valence-corrected chi connectivity index (χ0v) is 11.1. The average Bonchev–Trinajstić information content (AvgIpc) is 2.99. The van der Waals surface area contributed by atoms with Crippen LogP contribution < -0.4 is 10.6 Å². The van der Waals surface area contributed by atoms with Crippen molar-refractivity contribution in [3.05, 3.63) is 42.2 Å². The SMILES string of the molecule is COCCNC(=O)c1cnc(NCc2ccco2)cn1. The van der Waals surface area contributed by atoms with Gasteiger partial charge in [0.25, 0.3) is 5.91 Å². The van der Waals surface area contributed by atoms with Crippen LogP contribution in [0.2, 0.25) is 0 Å². The standard InChI is InChI=1S/C13H16N4O3/c1-19-6-4-14-13(18)11-8-17-12(9-15-11)16-7-10-3-2-5-20-10/h2-3,5,8-9H,4,6-7H2,1H3,(H,14,18)(H,16,17). The first kappa shape index (κ1) is 14.0. The maximum Gasteiger partial charge on any atom is 0.271 e. The first-order valence-corrected chi connectivity index (χ1v) is 6.15. The van der Waals surface area contributed by atoms with Crippen molar-refractivity contribution in [3.8, 4) is 0 Å². The number of anilines is 1. The van der Waals surface area contributed by atoms with Crippen molar-refractivity contribution in [3.63, 3.8) is 0 Å². The highest BCUT2D eigenvalue weighted by Gasteiger charge is 2.07. The summed E-state index contributed by atoms with van der Waals surface area (Å²) in [6.07, 6.45) is 4.54. The van der Waals surface area contributed by atoms with E-state index >= 15 is 0 Å². The number of rotatable bonds is 7. The Morgan fingerprint density at radius 1 is 1.40 bits per heavy atom. The number of nitrogens with one attached hydrogen (secondary N) is 2. The normalized spacial score (nSPS) is 10.2. The number of carbonyl (C=O) groups is 1. The van der Waals surface area contributed by atoms with E-state index in [-0.39, 0.29) is 11.6 Å². The van der Waals surface area contributed by atoms with E-state index in [2.05, 4.69) is 20.6 Å². The van der Waals surface area contributed by atoms with Gasteiger partial charge >= 0.3 is 0 Å². The largest absolute Gasteiger partial charge is 0.467 e. The van der Waals surface area contributed by atoms with Gasteiger partial charge in [-0.25, -0.2) is 9.97 Å². The Labute approximate surface area is 116 Å². The van der Waals surface area contributed by atoms with E-state index in [1.807, 2.05) is 12.1 Å². The lowest BCUT2D eigenvalue weighted by Crippen LogP contribution is -2.27. The topological polar surface area (TPSA) is 89.3 Å². The molecule has 2 heterocycles. The molecule has 0 spiro atoms. The van der Waals surface area contributed by atoms with Gasteiger partial charge in [-0.15, -0.1) is 0 Å². The number of hydrogen-bond acceptors (Lipinski definition) is 6. The summed E-state index contributed by atoms with van der Waals surface area (Å²) < 4.78 is 10.0. The van der Waals surface area contributed by atoms with Gasteiger partial charge < -0.3 is 19.8 Å². The molecular formula is C13H16N4O3. The number of ether oxygens (including phenoxy) is 1.